The Hall–Kier alpha value is -0.0800. The van der Waals surface area contributed by atoms with Crippen LogP contribution < -0.4 is 0 Å². The zero-order valence-corrected chi connectivity index (χ0v) is 8.67. The van der Waals surface area contributed by atoms with Crippen molar-refractivity contribution in [3.05, 3.63) is 0 Å². The first-order valence-corrected chi connectivity index (χ1v) is 5.76. The van der Waals surface area contributed by atoms with Gasteiger partial charge in [-0.15, -0.1) is 0 Å². The van der Waals surface area contributed by atoms with E-state index in [-0.39, 0.29) is 0 Å². The smallest absolute Gasteiger partial charge is 0.0589 e. The van der Waals surface area contributed by atoms with Crippen LogP contribution in [0.4, 0.5) is 0 Å². The summed E-state index contributed by atoms with van der Waals surface area (Å²) in [4.78, 5) is 2.63. The number of ether oxygens (including phenoxy) is 1. The highest BCUT2D eigenvalue weighted by Crippen LogP contribution is 2.27. The number of rotatable bonds is 3. The standard InChI is InChI=1S/C11H21NO/c1-2-13-11-6-3-5-10(9-11)12-7-4-8-12/h10-11H,2-9H2,1H3. The Kier molecular flexibility index (Phi) is 3.23. The molecule has 1 saturated heterocycles. The van der Waals surface area contributed by atoms with E-state index in [0.29, 0.717) is 6.10 Å². The predicted molar refractivity (Wildman–Crippen MR) is 53.9 cm³/mol. The molecule has 2 aliphatic rings. The van der Waals surface area contributed by atoms with Crippen molar-refractivity contribution in [2.24, 2.45) is 0 Å². The second-order valence-electron chi connectivity index (χ2n) is 4.29. The molecule has 2 nitrogen and oxygen atoms in total. The molecule has 0 spiro atoms. The molecule has 0 amide bonds. The van der Waals surface area contributed by atoms with Crippen LogP contribution in [0.5, 0.6) is 0 Å². The predicted octanol–water partition coefficient (Wildman–Crippen LogP) is 2.04. The van der Waals surface area contributed by atoms with Crippen LogP contribution in [0.1, 0.15) is 39.0 Å². The molecule has 2 rings (SSSR count). The first-order valence-electron chi connectivity index (χ1n) is 5.76. The van der Waals surface area contributed by atoms with Crippen molar-refractivity contribution >= 4 is 0 Å². The number of nitrogens with zero attached hydrogens (tertiary/aromatic N) is 1. The van der Waals surface area contributed by atoms with Crippen molar-refractivity contribution in [2.45, 2.75) is 51.2 Å². The summed E-state index contributed by atoms with van der Waals surface area (Å²) < 4.78 is 5.71. The highest BCUT2D eigenvalue weighted by Gasteiger charge is 2.29. The van der Waals surface area contributed by atoms with Crippen LogP contribution in [0.2, 0.25) is 0 Å². The quantitative estimate of drug-likeness (QED) is 0.664. The van der Waals surface area contributed by atoms with Crippen LogP contribution in [0.3, 0.4) is 0 Å². The van der Waals surface area contributed by atoms with Crippen molar-refractivity contribution in [2.75, 3.05) is 19.7 Å². The Labute approximate surface area is 81.3 Å². The van der Waals surface area contributed by atoms with E-state index in [9.17, 15) is 0 Å². The molecule has 1 heterocycles. The third-order valence-corrected chi connectivity index (χ3v) is 3.41. The zero-order chi connectivity index (χ0) is 9.10. The molecule has 1 aliphatic carbocycles. The lowest BCUT2D eigenvalue weighted by Crippen LogP contribution is -2.48. The molecular weight excluding hydrogens is 162 g/mol. The lowest BCUT2D eigenvalue weighted by atomic mass is 9.90. The van der Waals surface area contributed by atoms with Crippen LogP contribution in [0, 0.1) is 0 Å². The van der Waals surface area contributed by atoms with Crippen molar-refractivity contribution in [1.29, 1.82) is 0 Å². The van der Waals surface area contributed by atoms with Gasteiger partial charge in [-0.2, -0.15) is 0 Å². The van der Waals surface area contributed by atoms with E-state index in [1.54, 1.807) is 0 Å². The first kappa shape index (κ1) is 9.47. The van der Waals surface area contributed by atoms with Crippen LogP contribution in [-0.2, 0) is 4.74 Å². The molecule has 13 heavy (non-hydrogen) atoms. The summed E-state index contributed by atoms with van der Waals surface area (Å²) in [5, 5.41) is 0. The van der Waals surface area contributed by atoms with E-state index < -0.39 is 0 Å². The summed E-state index contributed by atoms with van der Waals surface area (Å²) in [6.45, 7) is 5.66. The monoisotopic (exact) mass is 183 g/mol. The van der Waals surface area contributed by atoms with Crippen LogP contribution in [0.25, 0.3) is 0 Å². The van der Waals surface area contributed by atoms with Gasteiger partial charge < -0.3 is 9.64 Å². The third-order valence-electron chi connectivity index (χ3n) is 3.41. The summed E-state index contributed by atoms with van der Waals surface area (Å²) in [6.07, 6.45) is 7.32. The van der Waals surface area contributed by atoms with Gasteiger partial charge in [0.2, 0.25) is 0 Å². The second kappa shape index (κ2) is 4.43. The molecule has 0 aromatic rings. The minimum Gasteiger partial charge on any atom is -0.378 e. The normalized spacial score (nSPS) is 35.8. The lowest BCUT2D eigenvalue weighted by Gasteiger charge is -2.42. The van der Waals surface area contributed by atoms with E-state index in [2.05, 4.69) is 11.8 Å². The minimum atomic E-state index is 0.560. The van der Waals surface area contributed by atoms with Gasteiger partial charge in [-0.1, -0.05) is 0 Å². The maximum Gasteiger partial charge on any atom is 0.0589 e. The molecule has 1 aliphatic heterocycles. The molecule has 0 aromatic carbocycles. The van der Waals surface area contributed by atoms with Gasteiger partial charge in [0.15, 0.2) is 0 Å². The van der Waals surface area contributed by atoms with Crippen molar-refractivity contribution < 1.29 is 4.74 Å². The molecule has 0 bridgehead atoms. The van der Waals surface area contributed by atoms with E-state index >= 15 is 0 Å². The van der Waals surface area contributed by atoms with Gasteiger partial charge in [0, 0.05) is 12.6 Å². The Morgan fingerprint density at radius 2 is 2.08 bits per heavy atom. The van der Waals surface area contributed by atoms with Gasteiger partial charge in [-0.3, -0.25) is 0 Å². The highest BCUT2D eigenvalue weighted by molar-refractivity contribution is 4.84. The van der Waals surface area contributed by atoms with Gasteiger partial charge in [0.1, 0.15) is 0 Å². The van der Waals surface area contributed by atoms with Gasteiger partial charge in [-0.05, 0) is 52.1 Å². The van der Waals surface area contributed by atoms with Crippen molar-refractivity contribution in [3.63, 3.8) is 0 Å². The zero-order valence-electron chi connectivity index (χ0n) is 8.67. The highest BCUT2D eigenvalue weighted by atomic mass is 16.5. The fraction of sp³-hybridized carbons (Fsp3) is 1.00. The SMILES string of the molecule is CCOC1CCCC(N2CCC2)C1. The summed E-state index contributed by atoms with van der Waals surface area (Å²) in [6, 6.07) is 0.846. The molecular formula is C11H21NO. The topological polar surface area (TPSA) is 12.5 Å². The number of hydrogen-bond acceptors (Lipinski definition) is 2. The van der Waals surface area contributed by atoms with E-state index in [1.807, 2.05) is 0 Å². The summed E-state index contributed by atoms with van der Waals surface area (Å²) >= 11 is 0. The first-order chi connectivity index (χ1) is 6.40. The van der Waals surface area contributed by atoms with Gasteiger partial charge in [0.25, 0.3) is 0 Å². The fourth-order valence-corrected chi connectivity index (χ4v) is 2.54. The average Bonchev–Trinajstić information content (AvgIpc) is 2.02. The third kappa shape index (κ3) is 2.23. The summed E-state index contributed by atoms with van der Waals surface area (Å²) in [5.41, 5.74) is 0. The van der Waals surface area contributed by atoms with Crippen LogP contribution >= 0.6 is 0 Å². The maximum atomic E-state index is 5.71. The van der Waals surface area contributed by atoms with E-state index in [4.69, 9.17) is 4.74 Å². The lowest BCUT2D eigenvalue weighted by molar-refractivity contribution is -0.00932. The van der Waals surface area contributed by atoms with E-state index in [1.165, 1.54) is 45.2 Å². The molecule has 1 saturated carbocycles. The second-order valence-corrected chi connectivity index (χ2v) is 4.29. The molecule has 2 atom stereocenters. The van der Waals surface area contributed by atoms with Gasteiger partial charge >= 0.3 is 0 Å². The summed E-state index contributed by atoms with van der Waals surface area (Å²) in [7, 11) is 0. The Balaban J connectivity index is 1.77. The number of hydrogen-bond donors (Lipinski definition) is 0. The average molecular weight is 183 g/mol. The molecule has 0 aromatic heterocycles. The van der Waals surface area contributed by atoms with Crippen LogP contribution in [0.15, 0.2) is 0 Å². The van der Waals surface area contributed by atoms with E-state index in [0.717, 1.165) is 12.6 Å². The number of likely N-dealkylation sites (tertiary alicyclic amines) is 1. The summed E-state index contributed by atoms with van der Waals surface area (Å²) in [5.74, 6) is 0. The Morgan fingerprint density at radius 1 is 1.23 bits per heavy atom. The van der Waals surface area contributed by atoms with Gasteiger partial charge in [0.05, 0.1) is 6.10 Å². The molecule has 0 radical (unpaired) electrons. The Morgan fingerprint density at radius 3 is 2.69 bits per heavy atom. The molecule has 76 valence electrons. The van der Waals surface area contributed by atoms with Crippen molar-refractivity contribution in [3.8, 4) is 0 Å². The van der Waals surface area contributed by atoms with Crippen LogP contribution in [-0.4, -0.2) is 36.7 Å². The van der Waals surface area contributed by atoms with Crippen molar-refractivity contribution in [1.82, 2.24) is 4.90 Å². The largest absolute Gasteiger partial charge is 0.378 e. The van der Waals surface area contributed by atoms with Gasteiger partial charge in [-0.25, -0.2) is 0 Å². The molecule has 2 unspecified atom stereocenters. The molecule has 2 fully saturated rings. The minimum absolute atomic E-state index is 0.560. The molecule has 2 heteroatoms. The maximum absolute atomic E-state index is 5.71. The Bertz CT molecular complexity index is 154. The molecule has 0 N–H and O–H groups in total. The fourth-order valence-electron chi connectivity index (χ4n) is 2.54.